The normalized spacial score (nSPS) is 23.0. The smallest absolute Gasteiger partial charge is 0.226 e. The van der Waals surface area contributed by atoms with E-state index < -0.39 is 11.9 Å². The molecule has 1 N–H and O–H groups in total. The fraction of sp³-hybridized carbons (Fsp3) is 0.650. The van der Waals surface area contributed by atoms with Gasteiger partial charge in [-0.1, -0.05) is 71.6 Å². The molecule has 6 nitrogen and oxygen atoms in total. The van der Waals surface area contributed by atoms with Crippen LogP contribution < -0.4 is 4.74 Å². The average Bonchev–Trinajstić information content (AvgIpc) is 3.83. The van der Waals surface area contributed by atoms with Crippen LogP contribution >= 0.6 is 11.3 Å². The summed E-state index contributed by atoms with van der Waals surface area (Å²) in [4.78, 5) is 1.31. The number of fused-ring (bicyclic) bond motifs is 1. The lowest BCUT2D eigenvalue weighted by atomic mass is 9.86. The molecule has 5 rings (SSSR count). The SMILES string of the molecule is CCCCOC[C@@H]1C[C@H](OCCCC)[C@@H](OCCCC)C(O)(c2cc(Cc3cc4ccccc4s3)c(C3CC3)cc2OCCCC)O1. The van der Waals surface area contributed by atoms with Crippen molar-refractivity contribution >= 4 is 21.4 Å². The molecule has 1 aliphatic carbocycles. The molecule has 2 aromatic carbocycles. The molecule has 3 aromatic rings. The fourth-order valence-corrected chi connectivity index (χ4v) is 7.59. The van der Waals surface area contributed by atoms with Gasteiger partial charge in [0.1, 0.15) is 11.9 Å². The van der Waals surface area contributed by atoms with Gasteiger partial charge >= 0.3 is 0 Å². The third kappa shape index (κ3) is 9.58. The highest BCUT2D eigenvalue weighted by Crippen LogP contribution is 2.49. The lowest BCUT2D eigenvalue weighted by Gasteiger charge is -2.47. The van der Waals surface area contributed by atoms with Crippen LogP contribution in [0.5, 0.6) is 5.75 Å². The second kappa shape index (κ2) is 18.1. The number of hydrogen-bond donors (Lipinski definition) is 1. The van der Waals surface area contributed by atoms with E-state index in [0.717, 1.165) is 57.8 Å². The van der Waals surface area contributed by atoms with E-state index in [1.54, 1.807) is 0 Å². The topological polar surface area (TPSA) is 66.4 Å². The number of unbranched alkanes of at least 4 members (excludes halogenated alkanes) is 4. The number of aliphatic hydroxyl groups is 1. The fourth-order valence-electron chi connectivity index (χ4n) is 6.50. The molecule has 1 aliphatic heterocycles. The van der Waals surface area contributed by atoms with Crippen molar-refractivity contribution in [2.45, 2.75) is 135 Å². The molecule has 0 radical (unpaired) electrons. The Morgan fingerprint density at radius 2 is 1.55 bits per heavy atom. The summed E-state index contributed by atoms with van der Waals surface area (Å²) in [6, 6.07) is 15.3. The Morgan fingerprint density at radius 3 is 2.28 bits per heavy atom. The van der Waals surface area contributed by atoms with Crippen molar-refractivity contribution in [3.63, 3.8) is 0 Å². The van der Waals surface area contributed by atoms with Crippen LogP contribution in [0.3, 0.4) is 0 Å². The third-order valence-electron chi connectivity index (χ3n) is 9.38. The maximum absolute atomic E-state index is 13.0. The summed E-state index contributed by atoms with van der Waals surface area (Å²) in [6.07, 6.45) is 10.3. The molecule has 260 valence electrons. The molecule has 1 saturated heterocycles. The first-order valence-corrected chi connectivity index (χ1v) is 19.3. The number of ether oxygens (including phenoxy) is 5. The molecule has 0 amide bonds. The molecule has 1 saturated carbocycles. The van der Waals surface area contributed by atoms with E-state index in [0.29, 0.717) is 56.7 Å². The molecule has 0 bridgehead atoms. The third-order valence-corrected chi connectivity index (χ3v) is 10.5. The number of benzene rings is 2. The minimum Gasteiger partial charge on any atom is -0.493 e. The van der Waals surface area contributed by atoms with Crippen molar-refractivity contribution in [2.75, 3.05) is 33.0 Å². The molecule has 2 fully saturated rings. The van der Waals surface area contributed by atoms with Gasteiger partial charge in [0.15, 0.2) is 0 Å². The highest BCUT2D eigenvalue weighted by Gasteiger charge is 2.53. The maximum Gasteiger partial charge on any atom is 0.226 e. The van der Waals surface area contributed by atoms with Gasteiger partial charge in [-0.3, -0.25) is 0 Å². The Balaban J connectivity index is 1.58. The number of thiophene rings is 1. The molecular weight excluding hydrogens is 609 g/mol. The van der Waals surface area contributed by atoms with Crippen molar-refractivity contribution in [1.29, 1.82) is 0 Å². The zero-order chi connectivity index (χ0) is 33.1. The quantitative estimate of drug-likeness (QED) is 0.114. The molecule has 1 aromatic heterocycles. The highest BCUT2D eigenvalue weighted by molar-refractivity contribution is 7.19. The van der Waals surface area contributed by atoms with Crippen LogP contribution in [0.4, 0.5) is 0 Å². The largest absolute Gasteiger partial charge is 0.493 e. The van der Waals surface area contributed by atoms with E-state index in [2.05, 4.69) is 70.2 Å². The Hall–Kier alpha value is -2.00. The zero-order valence-corrected chi connectivity index (χ0v) is 30.1. The Labute approximate surface area is 287 Å². The first kappa shape index (κ1) is 36.3. The molecule has 2 heterocycles. The van der Waals surface area contributed by atoms with Crippen molar-refractivity contribution in [1.82, 2.24) is 0 Å². The maximum atomic E-state index is 13.0. The molecule has 2 aliphatic rings. The number of hydrogen-bond acceptors (Lipinski definition) is 7. The Bertz CT molecular complexity index is 1340. The van der Waals surface area contributed by atoms with E-state index >= 15 is 0 Å². The van der Waals surface area contributed by atoms with Gasteiger partial charge in [-0.2, -0.15) is 0 Å². The van der Waals surface area contributed by atoms with Gasteiger partial charge in [0.25, 0.3) is 0 Å². The molecule has 4 atom stereocenters. The van der Waals surface area contributed by atoms with Crippen LogP contribution in [0.2, 0.25) is 0 Å². The first-order valence-electron chi connectivity index (χ1n) is 18.5. The summed E-state index contributed by atoms with van der Waals surface area (Å²) < 4.78 is 33.9. The van der Waals surface area contributed by atoms with Crippen LogP contribution in [0.15, 0.2) is 42.5 Å². The molecular formula is C40H58O6S. The van der Waals surface area contributed by atoms with E-state index in [1.807, 2.05) is 11.3 Å². The molecule has 1 unspecified atom stereocenters. The van der Waals surface area contributed by atoms with Crippen molar-refractivity contribution in [3.05, 3.63) is 64.0 Å². The second-order valence-corrected chi connectivity index (χ2v) is 14.6. The summed E-state index contributed by atoms with van der Waals surface area (Å²) in [6.45, 7) is 11.5. The molecule has 47 heavy (non-hydrogen) atoms. The van der Waals surface area contributed by atoms with Crippen LogP contribution in [-0.4, -0.2) is 56.5 Å². The predicted octanol–water partition coefficient (Wildman–Crippen LogP) is 9.67. The summed E-state index contributed by atoms with van der Waals surface area (Å²) in [5.74, 6) is -0.544. The number of rotatable bonds is 21. The second-order valence-electron chi connectivity index (χ2n) is 13.5. The lowest BCUT2D eigenvalue weighted by molar-refractivity contribution is -0.348. The highest BCUT2D eigenvalue weighted by atomic mass is 32.1. The Kier molecular flexibility index (Phi) is 14.0. The average molecular weight is 667 g/mol. The zero-order valence-electron chi connectivity index (χ0n) is 29.3. The summed E-state index contributed by atoms with van der Waals surface area (Å²) >= 11 is 1.85. The Morgan fingerprint density at radius 1 is 0.851 bits per heavy atom. The van der Waals surface area contributed by atoms with E-state index in [9.17, 15) is 5.11 Å². The summed E-state index contributed by atoms with van der Waals surface area (Å²) in [7, 11) is 0. The molecule has 0 spiro atoms. The van der Waals surface area contributed by atoms with Gasteiger partial charge in [-0.05, 0) is 85.2 Å². The molecule has 7 heteroatoms. The van der Waals surface area contributed by atoms with Gasteiger partial charge in [0.05, 0.1) is 31.0 Å². The summed E-state index contributed by atoms with van der Waals surface area (Å²) in [5.41, 5.74) is 3.21. The van der Waals surface area contributed by atoms with Crippen molar-refractivity contribution in [2.24, 2.45) is 0 Å². The van der Waals surface area contributed by atoms with Gasteiger partial charge in [-0.25, -0.2) is 0 Å². The summed E-state index contributed by atoms with van der Waals surface area (Å²) in [5, 5.41) is 14.3. The standard InChI is InChI=1S/C40H58O6S/c1-5-9-19-42-28-32-26-37(44-21-11-7-3)39(45-22-12-8-4)40(41,46-32)35-25-31(24-33-23-30-15-13-14-16-38(30)47-33)34(29-17-18-29)27-36(35)43-20-10-6-2/h13-16,23,25,27,29,32,37,39,41H,5-12,17-22,24,26,28H2,1-4H3/t32-,37-,39+,40?/m0/s1. The van der Waals surface area contributed by atoms with E-state index in [1.165, 1.54) is 38.9 Å². The van der Waals surface area contributed by atoms with Crippen LogP contribution in [-0.2, 0) is 31.2 Å². The van der Waals surface area contributed by atoms with Crippen LogP contribution in [0.25, 0.3) is 10.1 Å². The van der Waals surface area contributed by atoms with E-state index in [4.69, 9.17) is 23.7 Å². The first-order chi connectivity index (χ1) is 23.0. The minimum atomic E-state index is -1.76. The minimum absolute atomic E-state index is 0.338. The van der Waals surface area contributed by atoms with Gasteiger partial charge in [-0.15, -0.1) is 11.3 Å². The lowest BCUT2D eigenvalue weighted by Crippen LogP contribution is -2.58. The van der Waals surface area contributed by atoms with Crippen LogP contribution in [0, 0.1) is 0 Å². The van der Waals surface area contributed by atoms with Crippen molar-refractivity contribution < 1.29 is 28.8 Å². The van der Waals surface area contributed by atoms with Gasteiger partial charge in [0, 0.05) is 42.2 Å². The van der Waals surface area contributed by atoms with Gasteiger partial charge < -0.3 is 28.8 Å². The van der Waals surface area contributed by atoms with Gasteiger partial charge in [0.2, 0.25) is 5.79 Å². The van der Waals surface area contributed by atoms with Crippen LogP contribution in [0.1, 0.15) is 126 Å². The monoisotopic (exact) mass is 666 g/mol. The van der Waals surface area contributed by atoms with Crippen molar-refractivity contribution in [3.8, 4) is 5.75 Å². The predicted molar refractivity (Wildman–Crippen MR) is 192 cm³/mol. The van der Waals surface area contributed by atoms with E-state index in [-0.39, 0.29) is 12.2 Å².